The second-order valence-corrected chi connectivity index (χ2v) is 7.55. The number of aliphatic hydroxyl groups is 1. The summed E-state index contributed by atoms with van der Waals surface area (Å²) in [5.74, 6) is 2.72. The Hall–Kier alpha value is -1.92. The zero-order valence-electron chi connectivity index (χ0n) is 15.3. The van der Waals surface area contributed by atoms with Gasteiger partial charge >= 0.3 is 0 Å². The molecular formula is C20H27N3O3. The molecule has 0 spiro atoms. The lowest BCUT2D eigenvalue weighted by atomic mass is 9.89. The fourth-order valence-electron chi connectivity index (χ4n) is 4.27. The third-order valence-electron chi connectivity index (χ3n) is 5.67. The van der Waals surface area contributed by atoms with Gasteiger partial charge in [-0.1, -0.05) is 24.4 Å². The Labute approximate surface area is 154 Å². The van der Waals surface area contributed by atoms with Gasteiger partial charge in [0.15, 0.2) is 0 Å². The van der Waals surface area contributed by atoms with Crippen LogP contribution in [0, 0.1) is 5.92 Å². The van der Waals surface area contributed by atoms with Gasteiger partial charge in [0, 0.05) is 18.7 Å². The molecule has 0 radical (unpaired) electrons. The number of hydrogen-bond donors (Lipinski definition) is 1. The summed E-state index contributed by atoms with van der Waals surface area (Å²) in [7, 11) is 1.65. The molecule has 2 atom stereocenters. The summed E-state index contributed by atoms with van der Waals surface area (Å²) in [4.78, 5) is 6.96. The quantitative estimate of drug-likeness (QED) is 0.884. The smallest absolute Gasteiger partial charge is 0.244 e. The van der Waals surface area contributed by atoms with Gasteiger partial charge in [0.05, 0.1) is 19.3 Å². The Morgan fingerprint density at radius 3 is 2.69 bits per heavy atom. The number of likely N-dealkylation sites (tertiary alicyclic amines) is 1. The van der Waals surface area contributed by atoms with Crippen LogP contribution in [0.4, 0.5) is 0 Å². The maximum absolute atomic E-state index is 10.2. The molecule has 2 heterocycles. The maximum atomic E-state index is 10.2. The average molecular weight is 357 g/mol. The first-order valence-corrected chi connectivity index (χ1v) is 9.63. The van der Waals surface area contributed by atoms with Crippen LogP contribution in [-0.4, -0.2) is 46.5 Å². The lowest BCUT2D eigenvalue weighted by molar-refractivity contribution is 0.147. The lowest BCUT2D eigenvalue weighted by Crippen LogP contribution is -2.31. The molecule has 1 aromatic heterocycles. The molecule has 26 heavy (non-hydrogen) atoms. The predicted octanol–water partition coefficient (Wildman–Crippen LogP) is 3.43. The van der Waals surface area contributed by atoms with Crippen LogP contribution in [0.5, 0.6) is 5.75 Å². The topological polar surface area (TPSA) is 71.6 Å². The minimum absolute atomic E-state index is 0.0198. The van der Waals surface area contributed by atoms with Crippen molar-refractivity contribution in [3.05, 3.63) is 30.2 Å². The van der Waals surface area contributed by atoms with E-state index >= 15 is 0 Å². The van der Waals surface area contributed by atoms with Crippen LogP contribution >= 0.6 is 0 Å². The van der Waals surface area contributed by atoms with E-state index in [4.69, 9.17) is 9.26 Å². The lowest BCUT2D eigenvalue weighted by Gasteiger charge is -2.29. The molecule has 6 heteroatoms. The summed E-state index contributed by atoms with van der Waals surface area (Å²) in [6.07, 6.45) is 6.94. The minimum Gasteiger partial charge on any atom is -0.497 e. The van der Waals surface area contributed by atoms with Crippen molar-refractivity contribution in [1.29, 1.82) is 0 Å². The van der Waals surface area contributed by atoms with Crippen LogP contribution in [-0.2, 0) is 0 Å². The molecule has 0 bridgehead atoms. The highest BCUT2D eigenvalue weighted by molar-refractivity contribution is 5.55. The van der Waals surface area contributed by atoms with Gasteiger partial charge in [-0.2, -0.15) is 4.98 Å². The largest absolute Gasteiger partial charge is 0.497 e. The van der Waals surface area contributed by atoms with Crippen molar-refractivity contribution in [2.45, 2.75) is 50.7 Å². The molecule has 2 aromatic rings. The van der Waals surface area contributed by atoms with Gasteiger partial charge in [-0.3, -0.25) is 4.90 Å². The summed E-state index contributed by atoms with van der Waals surface area (Å²) in [5, 5.41) is 14.4. The van der Waals surface area contributed by atoms with E-state index in [2.05, 4.69) is 15.0 Å². The van der Waals surface area contributed by atoms with Crippen LogP contribution in [0.2, 0.25) is 0 Å². The standard InChI is InChI=1S/C20H27N3O3/c1-25-17-9-7-15(8-10-17)19-21-20(26-22-19)18-11-16(24)13-23(18)12-14-5-3-2-4-6-14/h7-10,14,16,18,24H,2-6,11-13H2,1H3/t16-,18-/m1/s1. The number of methoxy groups -OCH3 is 1. The molecule has 2 aliphatic rings. The first-order chi connectivity index (χ1) is 12.7. The van der Waals surface area contributed by atoms with Crippen LogP contribution in [0.1, 0.15) is 50.5 Å². The molecular weight excluding hydrogens is 330 g/mol. The number of rotatable bonds is 5. The third-order valence-corrected chi connectivity index (χ3v) is 5.67. The molecule has 1 saturated carbocycles. The van der Waals surface area contributed by atoms with E-state index in [0.29, 0.717) is 24.7 Å². The second kappa shape index (κ2) is 7.76. The molecule has 0 amide bonds. The van der Waals surface area contributed by atoms with E-state index in [1.807, 2.05) is 24.3 Å². The molecule has 4 rings (SSSR count). The summed E-state index contributed by atoms with van der Waals surface area (Å²) < 4.78 is 10.8. The maximum Gasteiger partial charge on any atom is 0.244 e. The molecule has 1 aliphatic heterocycles. The van der Waals surface area contributed by atoms with Crippen molar-refractivity contribution < 1.29 is 14.4 Å². The molecule has 140 valence electrons. The third kappa shape index (κ3) is 3.76. The monoisotopic (exact) mass is 357 g/mol. The second-order valence-electron chi connectivity index (χ2n) is 7.55. The summed E-state index contributed by atoms with van der Waals surface area (Å²) >= 11 is 0. The average Bonchev–Trinajstić information content (AvgIpc) is 3.29. The van der Waals surface area contributed by atoms with E-state index in [0.717, 1.165) is 23.8 Å². The number of nitrogens with zero attached hydrogens (tertiary/aromatic N) is 3. The van der Waals surface area contributed by atoms with Crippen molar-refractivity contribution in [2.24, 2.45) is 5.92 Å². The summed E-state index contributed by atoms with van der Waals surface area (Å²) in [5.41, 5.74) is 0.901. The fourth-order valence-corrected chi connectivity index (χ4v) is 4.27. The number of aromatic nitrogens is 2. The van der Waals surface area contributed by atoms with E-state index < -0.39 is 0 Å². The van der Waals surface area contributed by atoms with E-state index in [1.54, 1.807) is 7.11 Å². The molecule has 2 fully saturated rings. The molecule has 1 saturated heterocycles. The van der Waals surface area contributed by atoms with Crippen LogP contribution in [0.15, 0.2) is 28.8 Å². The van der Waals surface area contributed by atoms with Crippen LogP contribution in [0.25, 0.3) is 11.4 Å². The van der Waals surface area contributed by atoms with Gasteiger partial charge in [-0.25, -0.2) is 0 Å². The molecule has 1 N–H and O–H groups in total. The van der Waals surface area contributed by atoms with Crippen molar-refractivity contribution in [1.82, 2.24) is 15.0 Å². The Kier molecular flexibility index (Phi) is 5.22. The number of ether oxygens (including phenoxy) is 1. The highest BCUT2D eigenvalue weighted by atomic mass is 16.5. The summed E-state index contributed by atoms with van der Waals surface area (Å²) in [6, 6.07) is 7.65. The number of aliphatic hydroxyl groups excluding tert-OH is 1. The SMILES string of the molecule is COc1ccc(-c2noc([C@H]3C[C@@H](O)CN3CC3CCCCC3)n2)cc1. The van der Waals surface area contributed by atoms with E-state index in [-0.39, 0.29) is 12.1 Å². The highest BCUT2D eigenvalue weighted by Crippen LogP contribution is 2.35. The van der Waals surface area contributed by atoms with Crippen molar-refractivity contribution in [2.75, 3.05) is 20.2 Å². The number of benzene rings is 1. The Morgan fingerprint density at radius 1 is 1.19 bits per heavy atom. The highest BCUT2D eigenvalue weighted by Gasteiger charge is 2.37. The van der Waals surface area contributed by atoms with Gasteiger partial charge in [-0.15, -0.1) is 0 Å². The first-order valence-electron chi connectivity index (χ1n) is 9.63. The molecule has 0 unspecified atom stereocenters. The number of hydrogen-bond acceptors (Lipinski definition) is 6. The van der Waals surface area contributed by atoms with Crippen molar-refractivity contribution in [3.63, 3.8) is 0 Å². The minimum atomic E-state index is -0.320. The molecule has 6 nitrogen and oxygen atoms in total. The van der Waals surface area contributed by atoms with E-state index in [1.165, 1.54) is 32.1 Å². The molecule has 1 aromatic carbocycles. The zero-order valence-corrected chi connectivity index (χ0v) is 15.3. The normalized spacial score (nSPS) is 24.8. The summed E-state index contributed by atoms with van der Waals surface area (Å²) in [6.45, 7) is 1.71. The predicted molar refractivity (Wildman–Crippen MR) is 97.8 cm³/mol. The van der Waals surface area contributed by atoms with Gasteiger partial charge in [-0.05, 0) is 49.4 Å². The Morgan fingerprint density at radius 2 is 1.96 bits per heavy atom. The van der Waals surface area contributed by atoms with Gasteiger partial charge in [0.1, 0.15) is 5.75 Å². The van der Waals surface area contributed by atoms with E-state index in [9.17, 15) is 5.11 Å². The fraction of sp³-hybridized carbons (Fsp3) is 0.600. The Balaban J connectivity index is 1.48. The Bertz CT molecular complexity index is 709. The van der Waals surface area contributed by atoms with Crippen molar-refractivity contribution in [3.8, 4) is 17.1 Å². The van der Waals surface area contributed by atoms with Crippen LogP contribution < -0.4 is 4.74 Å². The van der Waals surface area contributed by atoms with Crippen LogP contribution in [0.3, 0.4) is 0 Å². The van der Waals surface area contributed by atoms with Gasteiger partial charge in [0.25, 0.3) is 0 Å². The van der Waals surface area contributed by atoms with Gasteiger partial charge < -0.3 is 14.4 Å². The first kappa shape index (κ1) is 17.5. The zero-order chi connectivity index (χ0) is 17.9. The molecule has 1 aliphatic carbocycles. The van der Waals surface area contributed by atoms with Crippen molar-refractivity contribution >= 4 is 0 Å². The number of β-amino-alcohol motifs (C(OH)–C–C–N with tert-alkyl or cyclic N) is 1. The van der Waals surface area contributed by atoms with Gasteiger partial charge in [0.2, 0.25) is 11.7 Å².